The Hall–Kier alpha value is -1.70. The number of aryl methyl sites for hydroxylation is 1. The van der Waals surface area contributed by atoms with Gasteiger partial charge in [-0.15, -0.1) is 0 Å². The van der Waals surface area contributed by atoms with Gasteiger partial charge in [0.2, 0.25) is 0 Å². The molecule has 0 spiro atoms. The predicted octanol–water partition coefficient (Wildman–Crippen LogP) is 2.45. The summed E-state index contributed by atoms with van der Waals surface area (Å²) in [5, 5.41) is 0. The lowest BCUT2D eigenvalue weighted by Crippen LogP contribution is -1.84. The van der Waals surface area contributed by atoms with Crippen molar-refractivity contribution in [2.75, 3.05) is 0 Å². The summed E-state index contributed by atoms with van der Waals surface area (Å²) in [4.78, 5) is 8.08. The van der Waals surface area contributed by atoms with E-state index in [4.69, 9.17) is 0 Å². The van der Waals surface area contributed by atoms with Gasteiger partial charge in [0.1, 0.15) is 0 Å². The molecule has 64 valence electrons. The molecule has 0 amide bonds. The van der Waals surface area contributed by atoms with Gasteiger partial charge in [0, 0.05) is 30.4 Å². The second-order valence-electron chi connectivity index (χ2n) is 2.93. The van der Waals surface area contributed by atoms with E-state index in [9.17, 15) is 0 Å². The lowest BCUT2D eigenvalue weighted by atomic mass is 10.1. The molecule has 2 nitrogen and oxygen atoms in total. The maximum Gasteiger partial charge on any atom is 0.0349 e. The molecule has 0 aromatic carbocycles. The molecular weight excluding hydrogens is 160 g/mol. The second kappa shape index (κ2) is 3.35. The molecule has 2 heteroatoms. The van der Waals surface area contributed by atoms with Gasteiger partial charge >= 0.3 is 0 Å². The van der Waals surface area contributed by atoms with Crippen LogP contribution in [0.3, 0.4) is 0 Å². The van der Waals surface area contributed by atoms with Gasteiger partial charge in [0.05, 0.1) is 0 Å². The van der Waals surface area contributed by atoms with Gasteiger partial charge in [-0.1, -0.05) is 0 Å². The number of nitrogens with zero attached hydrogens (tertiary/aromatic N) is 2. The highest BCUT2D eigenvalue weighted by molar-refractivity contribution is 5.65. The fraction of sp³-hybridized carbons (Fsp3) is 0.0909. The summed E-state index contributed by atoms with van der Waals surface area (Å²) in [7, 11) is 0. The molecule has 0 saturated heterocycles. The van der Waals surface area contributed by atoms with Crippen LogP contribution in [-0.4, -0.2) is 9.97 Å². The summed E-state index contributed by atoms with van der Waals surface area (Å²) in [6, 6.07) is 5.99. The zero-order valence-corrected chi connectivity index (χ0v) is 7.44. The number of rotatable bonds is 1. The van der Waals surface area contributed by atoms with Crippen LogP contribution in [0.2, 0.25) is 0 Å². The highest BCUT2D eigenvalue weighted by Gasteiger charge is 1.99. The van der Waals surface area contributed by atoms with E-state index in [0.29, 0.717) is 0 Å². The van der Waals surface area contributed by atoms with Gasteiger partial charge in [0.25, 0.3) is 0 Å². The van der Waals surface area contributed by atoms with Crippen LogP contribution in [0.5, 0.6) is 0 Å². The lowest BCUT2D eigenvalue weighted by Gasteiger charge is -2.03. The van der Waals surface area contributed by atoms with Gasteiger partial charge in [0.15, 0.2) is 0 Å². The van der Waals surface area contributed by atoms with Crippen LogP contribution in [-0.2, 0) is 0 Å². The number of hydrogen-bond donors (Lipinski definition) is 0. The molecular formula is C11H10N2. The first-order valence-corrected chi connectivity index (χ1v) is 4.19. The highest BCUT2D eigenvalue weighted by Crippen LogP contribution is 2.20. The van der Waals surface area contributed by atoms with E-state index in [-0.39, 0.29) is 0 Å². The van der Waals surface area contributed by atoms with Crippen LogP contribution in [0.15, 0.2) is 43.0 Å². The molecule has 13 heavy (non-hydrogen) atoms. The quantitative estimate of drug-likeness (QED) is 0.657. The van der Waals surface area contributed by atoms with E-state index in [2.05, 4.69) is 16.9 Å². The van der Waals surface area contributed by atoms with E-state index in [1.807, 2.05) is 24.4 Å². The molecule has 0 aliphatic heterocycles. The second-order valence-corrected chi connectivity index (χ2v) is 2.93. The summed E-state index contributed by atoms with van der Waals surface area (Å²) in [6.45, 7) is 2.08. The standard InChI is InChI=1S/C11H10N2/c1-9-2-5-13-8-11(9)10-3-6-12-7-4-10/h2-8H,1H3. The highest BCUT2D eigenvalue weighted by atomic mass is 14.6. The smallest absolute Gasteiger partial charge is 0.0349 e. The van der Waals surface area contributed by atoms with Gasteiger partial charge in [-0.05, 0) is 36.2 Å². The average molecular weight is 170 g/mol. The Morgan fingerprint density at radius 1 is 0.923 bits per heavy atom. The van der Waals surface area contributed by atoms with Gasteiger partial charge < -0.3 is 0 Å². The molecule has 0 radical (unpaired) electrons. The topological polar surface area (TPSA) is 25.8 Å². The zero-order chi connectivity index (χ0) is 9.10. The van der Waals surface area contributed by atoms with Crippen LogP contribution in [0, 0.1) is 6.92 Å². The van der Waals surface area contributed by atoms with E-state index in [1.165, 1.54) is 16.7 Å². The van der Waals surface area contributed by atoms with Crippen LogP contribution in [0.4, 0.5) is 0 Å². The van der Waals surface area contributed by atoms with Crippen LogP contribution < -0.4 is 0 Å². The summed E-state index contributed by atoms with van der Waals surface area (Å²) in [5.41, 5.74) is 3.58. The summed E-state index contributed by atoms with van der Waals surface area (Å²) in [5.74, 6) is 0. The summed E-state index contributed by atoms with van der Waals surface area (Å²) < 4.78 is 0. The minimum atomic E-state index is 1.17. The normalized spacial score (nSPS) is 9.92. The van der Waals surface area contributed by atoms with Crippen LogP contribution in [0.25, 0.3) is 11.1 Å². The molecule has 0 aliphatic carbocycles. The van der Waals surface area contributed by atoms with Crippen molar-refractivity contribution in [1.82, 2.24) is 9.97 Å². The molecule has 0 aliphatic rings. The van der Waals surface area contributed by atoms with Crippen molar-refractivity contribution in [3.05, 3.63) is 48.5 Å². The molecule has 2 aromatic heterocycles. The van der Waals surface area contributed by atoms with Crippen molar-refractivity contribution in [3.63, 3.8) is 0 Å². The minimum absolute atomic E-state index is 1.17. The third-order valence-corrected chi connectivity index (χ3v) is 2.03. The van der Waals surface area contributed by atoms with Crippen molar-refractivity contribution < 1.29 is 0 Å². The molecule has 0 unspecified atom stereocenters. The van der Waals surface area contributed by atoms with Crippen LogP contribution >= 0.6 is 0 Å². The first kappa shape index (κ1) is 7.92. The summed E-state index contributed by atoms with van der Waals surface area (Å²) >= 11 is 0. The molecule has 0 saturated carbocycles. The Kier molecular flexibility index (Phi) is 2.04. The number of aromatic nitrogens is 2. The Morgan fingerprint density at radius 2 is 1.62 bits per heavy atom. The monoisotopic (exact) mass is 170 g/mol. The molecule has 0 fully saturated rings. The van der Waals surface area contributed by atoms with Crippen molar-refractivity contribution in [1.29, 1.82) is 0 Å². The fourth-order valence-electron chi connectivity index (χ4n) is 1.30. The van der Waals surface area contributed by atoms with Gasteiger partial charge in [-0.25, -0.2) is 0 Å². The van der Waals surface area contributed by atoms with E-state index >= 15 is 0 Å². The third kappa shape index (κ3) is 1.56. The average Bonchev–Trinajstić information content (AvgIpc) is 2.20. The molecule has 0 atom stereocenters. The fourth-order valence-corrected chi connectivity index (χ4v) is 1.30. The molecule has 2 aromatic rings. The van der Waals surface area contributed by atoms with Crippen molar-refractivity contribution in [2.24, 2.45) is 0 Å². The molecule has 0 N–H and O–H groups in total. The van der Waals surface area contributed by atoms with E-state index in [1.54, 1.807) is 18.6 Å². The van der Waals surface area contributed by atoms with Gasteiger partial charge in [-0.3, -0.25) is 9.97 Å². The third-order valence-electron chi connectivity index (χ3n) is 2.03. The van der Waals surface area contributed by atoms with Gasteiger partial charge in [-0.2, -0.15) is 0 Å². The largest absolute Gasteiger partial charge is 0.265 e. The first-order chi connectivity index (χ1) is 6.38. The Balaban J connectivity index is 2.54. The van der Waals surface area contributed by atoms with E-state index in [0.717, 1.165) is 0 Å². The number of hydrogen-bond acceptors (Lipinski definition) is 2. The molecule has 2 rings (SSSR count). The Morgan fingerprint density at radius 3 is 2.31 bits per heavy atom. The van der Waals surface area contributed by atoms with Crippen molar-refractivity contribution >= 4 is 0 Å². The maximum absolute atomic E-state index is 4.10. The predicted molar refractivity (Wildman–Crippen MR) is 52.2 cm³/mol. The zero-order valence-electron chi connectivity index (χ0n) is 7.44. The van der Waals surface area contributed by atoms with E-state index < -0.39 is 0 Å². The van der Waals surface area contributed by atoms with Crippen molar-refractivity contribution in [3.8, 4) is 11.1 Å². The first-order valence-electron chi connectivity index (χ1n) is 4.19. The number of pyridine rings is 2. The Labute approximate surface area is 77.3 Å². The maximum atomic E-state index is 4.10. The lowest BCUT2D eigenvalue weighted by molar-refractivity contribution is 1.27. The van der Waals surface area contributed by atoms with Crippen molar-refractivity contribution in [2.45, 2.75) is 6.92 Å². The SMILES string of the molecule is Cc1ccncc1-c1ccncc1. The summed E-state index contributed by atoms with van der Waals surface area (Å²) in [6.07, 6.45) is 7.27. The minimum Gasteiger partial charge on any atom is -0.265 e. The Bertz CT molecular complexity index is 396. The van der Waals surface area contributed by atoms with Crippen LogP contribution in [0.1, 0.15) is 5.56 Å². The molecule has 0 bridgehead atoms. The molecule has 2 heterocycles.